The Morgan fingerprint density at radius 1 is 1.05 bits per heavy atom. The Labute approximate surface area is 123 Å². The largest absolute Gasteiger partial charge is 0.478 e. The van der Waals surface area contributed by atoms with E-state index in [4.69, 9.17) is 4.74 Å². The smallest absolute Gasteiger partial charge is 0.336 e. The van der Waals surface area contributed by atoms with Crippen LogP contribution in [0.1, 0.15) is 22.8 Å². The molecule has 0 heterocycles. The molecule has 0 fully saturated rings. The Balaban J connectivity index is 2.16. The lowest BCUT2D eigenvalue weighted by Crippen LogP contribution is -2.03. The molecule has 0 bridgehead atoms. The van der Waals surface area contributed by atoms with Crippen molar-refractivity contribution in [2.75, 3.05) is 6.61 Å². The highest BCUT2D eigenvalue weighted by Crippen LogP contribution is 2.24. The van der Waals surface area contributed by atoms with Crippen LogP contribution in [-0.4, -0.2) is 23.7 Å². The van der Waals surface area contributed by atoms with Gasteiger partial charge in [0.05, 0.1) is 12.2 Å². The number of benzene rings is 2. The van der Waals surface area contributed by atoms with Gasteiger partial charge in [-0.2, -0.15) is 0 Å². The van der Waals surface area contributed by atoms with Gasteiger partial charge in [0.25, 0.3) is 0 Å². The van der Waals surface area contributed by atoms with Gasteiger partial charge >= 0.3 is 11.9 Å². The Morgan fingerprint density at radius 2 is 1.71 bits per heavy atom. The van der Waals surface area contributed by atoms with E-state index in [1.54, 1.807) is 18.2 Å². The first-order valence-corrected chi connectivity index (χ1v) is 6.63. The van der Waals surface area contributed by atoms with Crippen LogP contribution in [0, 0.1) is 0 Å². The number of carboxylic acids is 1. The van der Waals surface area contributed by atoms with E-state index < -0.39 is 5.97 Å². The minimum absolute atomic E-state index is 0.283. The molecule has 0 spiro atoms. The van der Waals surface area contributed by atoms with E-state index in [-0.39, 0.29) is 11.5 Å². The maximum absolute atomic E-state index is 11.2. The van der Waals surface area contributed by atoms with E-state index in [0.29, 0.717) is 18.6 Å². The van der Waals surface area contributed by atoms with Crippen LogP contribution >= 0.6 is 0 Å². The summed E-state index contributed by atoms with van der Waals surface area (Å²) in [5.74, 6) is -1.23. The lowest BCUT2D eigenvalue weighted by Gasteiger charge is -2.07. The summed E-state index contributed by atoms with van der Waals surface area (Å²) in [4.78, 5) is 21.9. The molecule has 0 aliphatic heterocycles. The van der Waals surface area contributed by atoms with E-state index in [1.807, 2.05) is 30.3 Å². The van der Waals surface area contributed by atoms with Crippen molar-refractivity contribution in [2.24, 2.45) is 0 Å². The van der Waals surface area contributed by atoms with Gasteiger partial charge in [-0.05, 0) is 22.8 Å². The van der Waals surface area contributed by atoms with E-state index in [1.165, 1.54) is 6.92 Å². The van der Waals surface area contributed by atoms with Gasteiger partial charge in [-0.25, -0.2) is 4.79 Å². The normalized spacial score (nSPS) is 10.1. The first kappa shape index (κ1) is 14.8. The van der Waals surface area contributed by atoms with E-state index in [9.17, 15) is 14.7 Å². The Hall–Kier alpha value is -2.62. The maximum atomic E-state index is 11.2. The summed E-state index contributed by atoms with van der Waals surface area (Å²) in [6.07, 6.45) is 0.639. The van der Waals surface area contributed by atoms with Crippen LogP contribution in [0.25, 0.3) is 11.1 Å². The third kappa shape index (κ3) is 3.92. The summed E-state index contributed by atoms with van der Waals surface area (Å²) in [5, 5.41) is 9.20. The number of rotatable bonds is 5. The molecule has 2 aromatic rings. The van der Waals surface area contributed by atoms with E-state index >= 15 is 0 Å². The monoisotopic (exact) mass is 284 g/mol. The van der Waals surface area contributed by atoms with Crippen molar-refractivity contribution in [3.63, 3.8) is 0 Å². The van der Waals surface area contributed by atoms with Crippen LogP contribution in [-0.2, 0) is 16.0 Å². The molecule has 21 heavy (non-hydrogen) atoms. The highest BCUT2D eigenvalue weighted by Gasteiger charge is 2.10. The summed E-state index contributed by atoms with van der Waals surface area (Å²) in [6.45, 7) is 1.73. The number of hydrogen-bond donors (Lipinski definition) is 1. The topological polar surface area (TPSA) is 63.6 Å². The maximum Gasteiger partial charge on any atom is 0.336 e. The number of carbonyl (C=O) groups excluding carboxylic acids is 1. The molecule has 0 atom stereocenters. The molecule has 108 valence electrons. The third-order valence-corrected chi connectivity index (χ3v) is 3.12. The van der Waals surface area contributed by atoms with Crippen molar-refractivity contribution in [2.45, 2.75) is 13.3 Å². The molecule has 0 amide bonds. The fraction of sp³-hybridized carbons (Fsp3) is 0.176. The first-order valence-electron chi connectivity index (χ1n) is 6.63. The molecule has 0 aliphatic rings. The molecule has 0 aromatic heterocycles. The van der Waals surface area contributed by atoms with Crippen LogP contribution in [0.2, 0.25) is 0 Å². The van der Waals surface area contributed by atoms with Gasteiger partial charge < -0.3 is 9.84 Å². The van der Waals surface area contributed by atoms with Gasteiger partial charge in [0, 0.05) is 13.3 Å². The molecule has 1 N–H and O–H groups in total. The van der Waals surface area contributed by atoms with Gasteiger partial charge in [0.2, 0.25) is 0 Å². The van der Waals surface area contributed by atoms with Crippen molar-refractivity contribution < 1.29 is 19.4 Å². The number of esters is 1. The van der Waals surface area contributed by atoms with Gasteiger partial charge in [0.15, 0.2) is 0 Å². The van der Waals surface area contributed by atoms with Gasteiger partial charge in [-0.15, -0.1) is 0 Å². The summed E-state index contributed by atoms with van der Waals surface area (Å²) in [5.41, 5.74) is 2.86. The number of carbonyl (C=O) groups is 2. The van der Waals surface area contributed by atoms with Crippen molar-refractivity contribution in [1.29, 1.82) is 0 Å². The second-order valence-corrected chi connectivity index (χ2v) is 4.64. The number of hydrogen-bond acceptors (Lipinski definition) is 3. The molecule has 0 saturated heterocycles. The zero-order valence-corrected chi connectivity index (χ0v) is 11.7. The molecule has 0 aliphatic carbocycles. The molecule has 2 aromatic carbocycles. The molecule has 4 nitrogen and oxygen atoms in total. The summed E-state index contributed by atoms with van der Waals surface area (Å²) >= 11 is 0. The van der Waals surface area contributed by atoms with Crippen molar-refractivity contribution in [3.05, 3.63) is 59.7 Å². The van der Waals surface area contributed by atoms with E-state index in [0.717, 1.165) is 11.1 Å². The van der Waals surface area contributed by atoms with Crippen LogP contribution in [0.3, 0.4) is 0 Å². The van der Waals surface area contributed by atoms with Gasteiger partial charge in [-0.1, -0.05) is 42.5 Å². The Kier molecular flexibility index (Phi) is 4.72. The molecule has 0 saturated carbocycles. The Morgan fingerprint density at radius 3 is 2.33 bits per heavy atom. The zero-order chi connectivity index (χ0) is 15.2. The number of aromatic carboxylic acids is 1. The lowest BCUT2D eigenvalue weighted by atomic mass is 9.98. The fourth-order valence-electron chi connectivity index (χ4n) is 2.08. The average molecular weight is 284 g/mol. The molecule has 0 radical (unpaired) electrons. The van der Waals surface area contributed by atoms with Crippen LogP contribution in [0.15, 0.2) is 48.5 Å². The highest BCUT2D eigenvalue weighted by molar-refractivity contribution is 5.95. The molecule has 0 unspecified atom stereocenters. The summed E-state index contributed by atoms with van der Waals surface area (Å²) in [6, 6.07) is 14.5. The second kappa shape index (κ2) is 6.70. The summed E-state index contributed by atoms with van der Waals surface area (Å²) in [7, 11) is 0. The zero-order valence-electron chi connectivity index (χ0n) is 11.7. The SMILES string of the molecule is CC(=O)OCCc1ccc(-c2ccccc2C(=O)O)cc1. The van der Waals surface area contributed by atoms with Gasteiger partial charge in [0.1, 0.15) is 0 Å². The highest BCUT2D eigenvalue weighted by atomic mass is 16.5. The minimum Gasteiger partial charge on any atom is -0.478 e. The molecular weight excluding hydrogens is 268 g/mol. The standard InChI is InChI=1S/C17H16O4/c1-12(18)21-11-10-13-6-8-14(9-7-13)15-4-2-3-5-16(15)17(19)20/h2-9H,10-11H2,1H3,(H,19,20). The number of carboxylic acid groups (broad SMARTS) is 1. The molecule has 2 rings (SSSR count). The van der Waals surface area contributed by atoms with Crippen LogP contribution < -0.4 is 0 Å². The number of ether oxygens (including phenoxy) is 1. The second-order valence-electron chi connectivity index (χ2n) is 4.64. The van der Waals surface area contributed by atoms with Crippen LogP contribution in [0.4, 0.5) is 0 Å². The minimum atomic E-state index is -0.940. The predicted octanol–water partition coefficient (Wildman–Crippen LogP) is 3.16. The predicted molar refractivity (Wildman–Crippen MR) is 79.2 cm³/mol. The fourth-order valence-corrected chi connectivity index (χ4v) is 2.08. The lowest BCUT2D eigenvalue weighted by molar-refractivity contribution is -0.140. The average Bonchev–Trinajstić information content (AvgIpc) is 2.47. The molecular formula is C17H16O4. The third-order valence-electron chi connectivity index (χ3n) is 3.12. The van der Waals surface area contributed by atoms with Crippen molar-refractivity contribution in [3.8, 4) is 11.1 Å². The van der Waals surface area contributed by atoms with Crippen LogP contribution in [0.5, 0.6) is 0 Å². The molecule has 4 heteroatoms. The van der Waals surface area contributed by atoms with E-state index in [2.05, 4.69) is 0 Å². The van der Waals surface area contributed by atoms with Crippen molar-refractivity contribution in [1.82, 2.24) is 0 Å². The Bertz CT molecular complexity index is 644. The quantitative estimate of drug-likeness (QED) is 0.857. The summed E-state index contributed by atoms with van der Waals surface area (Å²) < 4.78 is 4.89. The van der Waals surface area contributed by atoms with Gasteiger partial charge in [-0.3, -0.25) is 4.79 Å². The van der Waals surface area contributed by atoms with Crippen molar-refractivity contribution >= 4 is 11.9 Å². The first-order chi connectivity index (χ1) is 10.1.